The van der Waals surface area contributed by atoms with E-state index >= 15 is 0 Å². The van der Waals surface area contributed by atoms with Gasteiger partial charge >= 0.3 is 0 Å². The van der Waals surface area contributed by atoms with Crippen molar-refractivity contribution in [3.8, 4) is 0 Å². The first-order valence-electron chi connectivity index (χ1n) is 5.68. The first-order chi connectivity index (χ1) is 7.75. The quantitative estimate of drug-likeness (QED) is 0.764. The second-order valence-corrected chi connectivity index (χ2v) is 4.27. The van der Waals surface area contributed by atoms with Crippen LogP contribution in [-0.2, 0) is 11.3 Å². The molecule has 0 spiro atoms. The lowest BCUT2D eigenvalue weighted by atomic mass is 10.1. The lowest BCUT2D eigenvalue weighted by molar-refractivity contribution is -0.122. The van der Waals surface area contributed by atoms with Crippen LogP contribution >= 0.6 is 0 Å². The Morgan fingerprint density at radius 2 is 2.44 bits per heavy atom. The van der Waals surface area contributed by atoms with Crippen LogP contribution in [0.2, 0.25) is 0 Å². The number of aliphatic hydroxyl groups is 1. The molecule has 1 fully saturated rings. The number of aliphatic hydroxyl groups excluding tert-OH is 1. The van der Waals surface area contributed by atoms with Crippen LogP contribution in [0, 0.1) is 5.92 Å². The highest BCUT2D eigenvalue weighted by Gasteiger charge is 2.25. The van der Waals surface area contributed by atoms with Crippen molar-refractivity contribution >= 4 is 5.91 Å². The molecule has 0 aromatic carbocycles. The number of hydrogen-bond acceptors (Lipinski definition) is 3. The predicted molar refractivity (Wildman–Crippen MR) is 58.6 cm³/mol. The highest BCUT2D eigenvalue weighted by molar-refractivity contribution is 5.75. The SMILES string of the molecule is O=C(Cn1cccn1)NCC1CCCC1O. The number of carbonyl (C=O) groups excluding carboxylic acids is 1. The van der Waals surface area contributed by atoms with E-state index in [0.717, 1.165) is 19.3 Å². The highest BCUT2D eigenvalue weighted by Crippen LogP contribution is 2.24. The molecule has 5 nitrogen and oxygen atoms in total. The van der Waals surface area contributed by atoms with Crippen molar-refractivity contribution in [1.29, 1.82) is 0 Å². The molecule has 0 aliphatic heterocycles. The van der Waals surface area contributed by atoms with Crippen LogP contribution in [0.3, 0.4) is 0 Å². The summed E-state index contributed by atoms with van der Waals surface area (Å²) in [5, 5.41) is 16.4. The molecular weight excluding hydrogens is 206 g/mol. The lowest BCUT2D eigenvalue weighted by Gasteiger charge is -2.14. The van der Waals surface area contributed by atoms with Crippen LogP contribution < -0.4 is 5.32 Å². The van der Waals surface area contributed by atoms with Gasteiger partial charge in [-0.25, -0.2) is 0 Å². The highest BCUT2D eigenvalue weighted by atomic mass is 16.3. The van der Waals surface area contributed by atoms with Gasteiger partial charge in [-0.3, -0.25) is 9.48 Å². The Morgan fingerprint density at radius 1 is 1.56 bits per heavy atom. The second-order valence-electron chi connectivity index (χ2n) is 4.27. The van der Waals surface area contributed by atoms with E-state index in [1.165, 1.54) is 0 Å². The number of amides is 1. The molecule has 2 unspecified atom stereocenters. The average molecular weight is 223 g/mol. The fourth-order valence-electron chi connectivity index (χ4n) is 2.10. The Kier molecular flexibility index (Phi) is 3.56. The summed E-state index contributed by atoms with van der Waals surface area (Å²) in [6, 6.07) is 1.79. The molecular formula is C11H17N3O2. The zero-order valence-electron chi connectivity index (χ0n) is 9.17. The van der Waals surface area contributed by atoms with Crippen LogP contribution in [-0.4, -0.2) is 33.4 Å². The Morgan fingerprint density at radius 3 is 3.06 bits per heavy atom. The van der Waals surface area contributed by atoms with Crippen molar-refractivity contribution in [2.45, 2.75) is 31.9 Å². The first-order valence-corrected chi connectivity index (χ1v) is 5.68. The second kappa shape index (κ2) is 5.12. The molecule has 1 amide bonds. The molecule has 2 atom stereocenters. The van der Waals surface area contributed by atoms with Crippen LogP contribution in [0.15, 0.2) is 18.5 Å². The Balaban J connectivity index is 1.71. The molecule has 2 rings (SSSR count). The van der Waals surface area contributed by atoms with Crippen molar-refractivity contribution in [3.63, 3.8) is 0 Å². The van der Waals surface area contributed by atoms with E-state index in [4.69, 9.17) is 0 Å². The van der Waals surface area contributed by atoms with Gasteiger partial charge in [0.05, 0.1) is 6.10 Å². The molecule has 1 aliphatic carbocycles. The summed E-state index contributed by atoms with van der Waals surface area (Å²) in [5.41, 5.74) is 0. The number of carbonyl (C=O) groups is 1. The molecule has 1 aromatic heterocycles. The minimum Gasteiger partial charge on any atom is -0.393 e. The molecule has 0 radical (unpaired) electrons. The van der Waals surface area contributed by atoms with Gasteiger partial charge in [0.15, 0.2) is 0 Å². The van der Waals surface area contributed by atoms with Crippen molar-refractivity contribution in [1.82, 2.24) is 15.1 Å². The molecule has 1 saturated carbocycles. The normalized spacial score (nSPS) is 24.6. The Bertz CT molecular complexity index is 337. The topological polar surface area (TPSA) is 67.2 Å². The van der Waals surface area contributed by atoms with E-state index in [2.05, 4.69) is 10.4 Å². The summed E-state index contributed by atoms with van der Waals surface area (Å²) in [6.45, 7) is 0.817. The molecule has 2 N–H and O–H groups in total. The van der Waals surface area contributed by atoms with Gasteiger partial charge in [-0.05, 0) is 18.9 Å². The summed E-state index contributed by atoms with van der Waals surface area (Å²) in [4.78, 5) is 11.5. The number of nitrogens with one attached hydrogen (secondary N) is 1. The maximum Gasteiger partial charge on any atom is 0.241 e. The van der Waals surface area contributed by atoms with E-state index < -0.39 is 0 Å². The van der Waals surface area contributed by atoms with E-state index in [9.17, 15) is 9.90 Å². The van der Waals surface area contributed by atoms with Crippen LogP contribution in [0.5, 0.6) is 0 Å². The molecule has 1 aliphatic rings. The summed E-state index contributed by atoms with van der Waals surface area (Å²) in [6.07, 6.45) is 6.08. The van der Waals surface area contributed by atoms with Gasteiger partial charge in [0.25, 0.3) is 0 Å². The van der Waals surface area contributed by atoms with Crippen molar-refractivity contribution < 1.29 is 9.90 Å². The molecule has 88 valence electrons. The number of rotatable bonds is 4. The summed E-state index contributed by atoms with van der Waals surface area (Å²) < 4.78 is 1.58. The minimum absolute atomic E-state index is 0.0530. The van der Waals surface area contributed by atoms with Crippen molar-refractivity contribution in [2.24, 2.45) is 5.92 Å². The molecule has 16 heavy (non-hydrogen) atoms. The fourth-order valence-corrected chi connectivity index (χ4v) is 2.10. The summed E-state index contributed by atoms with van der Waals surface area (Å²) in [5.74, 6) is 0.171. The van der Waals surface area contributed by atoms with E-state index in [1.807, 2.05) is 0 Å². The van der Waals surface area contributed by atoms with E-state index in [0.29, 0.717) is 6.54 Å². The Hall–Kier alpha value is -1.36. The standard InChI is InChI=1S/C11H17N3O2/c15-10-4-1-3-9(10)7-12-11(16)8-14-6-2-5-13-14/h2,5-6,9-10,15H,1,3-4,7-8H2,(H,12,16). The number of hydrogen-bond donors (Lipinski definition) is 2. The van der Waals surface area contributed by atoms with Gasteiger partial charge in [0, 0.05) is 24.9 Å². The van der Waals surface area contributed by atoms with Crippen molar-refractivity contribution in [3.05, 3.63) is 18.5 Å². The molecule has 1 aromatic rings. The first kappa shape index (κ1) is 11.1. The molecule has 1 heterocycles. The minimum atomic E-state index is -0.245. The molecule has 5 heteroatoms. The van der Waals surface area contributed by atoms with Crippen LogP contribution in [0.1, 0.15) is 19.3 Å². The third-order valence-corrected chi connectivity index (χ3v) is 3.05. The van der Waals surface area contributed by atoms with E-state index in [1.54, 1.807) is 23.1 Å². The number of nitrogens with zero attached hydrogens (tertiary/aromatic N) is 2. The number of aromatic nitrogens is 2. The van der Waals surface area contributed by atoms with Gasteiger partial charge in [-0.15, -0.1) is 0 Å². The largest absolute Gasteiger partial charge is 0.393 e. The van der Waals surface area contributed by atoms with Gasteiger partial charge in [0.2, 0.25) is 5.91 Å². The maximum atomic E-state index is 11.5. The van der Waals surface area contributed by atoms with E-state index in [-0.39, 0.29) is 24.5 Å². The zero-order valence-corrected chi connectivity index (χ0v) is 9.17. The lowest BCUT2D eigenvalue weighted by Crippen LogP contribution is -2.34. The molecule has 0 saturated heterocycles. The summed E-state index contributed by atoms with van der Waals surface area (Å²) >= 11 is 0. The summed E-state index contributed by atoms with van der Waals surface area (Å²) in [7, 11) is 0. The molecule has 0 bridgehead atoms. The maximum absolute atomic E-state index is 11.5. The fraction of sp³-hybridized carbons (Fsp3) is 0.636. The van der Waals surface area contributed by atoms with Crippen LogP contribution in [0.4, 0.5) is 0 Å². The monoisotopic (exact) mass is 223 g/mol. The smallest absolute Gasteiger partial charge is 0.241 e. The van der Waals surface area contributed by atoms with Gasteiger partial charge in [-0.2, -0.15) is 5.10 Å². The van der Waals surface area contributed by atoms with Crippen molar-refractivity contribution in [2.75, 3.05) is 6.54 Å². The van der Waals surface area contributed by atoms with Gasteiger partial charge in [-0.1, -0.05) is 6.42 Å². The van der Waals surface area contributed by atoms with Gasteiger partial charge in [0.1, 0.15) is 6.54 Å². The average Bonchev–Trinajstić information content (AvgIpc) is 2.87. The third-order valence-electron chi connectivity index (χ3n) is 3.05. The third kappa shape index (κ3) is 2.82. The zero-order chi connectivity index (χ0) is 11.4. The van der Waals surface area contributed by atoms with Crippen LogP contribution in [0.25, 0.3) is 0 Å². The Labute approximate surface area is 94.5 Å². The predicted octanol–water partition coefficient (Wildman–Crippen LogP) is 0.160. The van der Waals surface area contributed by atoms with Gasteiger partial charge < -0.3 is 10.4 Å².